The van der Waals surface area contributed by atoms with Gasteiger partial charge in [-0.05, 0) is 95.8 Å². The predicted octanol–water partition coefficient (Wildman–Crippen LogP) is 4.86. The molecule has 0 spiro atoms. The number of likely N-dealkylation sites (tertiary alicyclic amines) is 1. The summed E-state index contributed by atoms with van der Waals surface area (Å²) < 4.78 is 2.12. The second kappa shape index (κ2) is 10.4. The maximum absolute atomic E-state index is 11.5. The number of nitrogens with zero attached hydrogens (tertiary/aromatic N) is 3. The summed E-state index contributed by atoms with van der Waals surface area (Å²) in [5, 5.41) is 4.44. The van der Waals surface area contributed by atoms with E-state index in [-0.39, 0.29) is 0 Å². The highest BCUT2D eigenvalue weighted by molar-refractivity contribution is 5.78. The molecule has 4 nitrogen and oxygen atoms in total. The molecular formula is C23H39N3O. The Kier molecular flexibility index (Phi) is 7.93. The lowest BCUT2D eigenvalue weighted by atomic mass is 9.78. The minimum atomic E-state index is 0.376. The molecule has 1 aliphatic carbocycles. The van der Waals surface area contributed by atoms with Crippen LogP contribution in [-0.4, -0.2) is 40.1 Å². The molecule has 0 bridgehead atoms. The first-order valence-electron chi connectivity index (χ1n) is 11.3. The molecule has 2 heterocycles. The van der Waals surface area contributed by atoms with Gasteiger partial charge in [-0.25, -0.2) is 0 Å². The third-order valence-electron chi connectivity index (χ3n) is 6.92. The fourth-order valence-electron chi connectivity index (χ4n) is 5.03. The highest BCUT2D eigenvalue weighted by atomic mass is 16.1. The molecule has 152 valence electrons. The molecule has 27 heavy (non-hydrogen) atoms. The number of piperidine rings is 1. The molecule has 1 saturated heterocycles. The standard InChI is InChI=1S/C23H39N3O/c1-19-16-24-26(17-19)18-22-11-14-25(15-12-22)13-5-3-4-6-21-7-9-23(10-8-21)20(2)27/h16-17,21-23H,3-15,18H2,1-2H3. The van der Waals surface area contributed by atoms with Crippen LogP contribution < -0.4 is 0 Å². The molecule has 3 rings (SSSR count). The summed E-state index contributed by atoms with van der Waals surface area (Å²) in [5.41, 5.74) is 1.26. The van der Waals surface area contributed by atoms with Crippen molar-refractivity contribution in [2.24, 2.45) is 17.8 Å². The Balaban J connectivity index is 1.20. The lowest BCUT2D eigenvalue weighted by Crippen LogP contribution is -2.35. The van der Waals surface area contributed by atoms with Crippen LogP contribution in [0, 0.1) is 24.7 Å². The number of hydrogen-bond donors (Lipinski definition) is 0. The van der Waals surface area contributed by atoms with Crippen molar-refractivity contribution in [1.29, 1.82) is 0 Å². The minimum Gasteiger partial charge on any atom is -0.303 e. The summed E-state index contributed by atoms with van der Waals surface area (Å²) in [6.45, 7) is 8.79. The van der Waals surface area contributed by atoms with Crippen LogP contribution in [0.3, 0.4) is 0 Å². The van der Waals surface area contributed by atoms with Crippen LogP contribution in [-0.2, 0) is 11.3 Å². The van der Waals surface area contributed by atoms with Gasteiger partial charge in [-0.2, -0.15) is 5.10 Å². The van der Waals surface area contributed by atoms with Crippen molar-refractivity contribution >= 4 is 5.78 Å². The van der Waals surface area contributed by atoms with Gasteiger partial charge < -0.3 is 4.90 Å². The number of Topliss-reactive ketones (excluding diaryl/α,β-unsaturated/α-hetero) is 1. The van der Waals surface area contributed by atoms with Gasteiger partial charge in [0.15, 0.2) is 0 Å². The van der Waals surface area contributed by atoms with Crippen molar-refractivity contribution in [3.05, 3.63) is 18.0 Å². The number of ketones is 1. The fourth-order valence-corrected chi connectivity index (χ4v) is 5.03. The quantitative estimate of drug-likeness (QED) is 0.580. The molecular weight excluding hydrogens is 334 g/mol. The van der Waals surface area contributed by atoms with Crippen molar-refractivity contribution in [2.45, 2.75) is 84.6 Å². The maximum atomic E-state index is 11.5. The average Bonchev–Trinajstić information content (AvgIpc) is 3.08. The third kappa shape index (κ3) is 6.74. The van der Waals surface area contributed by atoms with Crippen molar-refractivity contribution in [1.82, 2.24) is 14.7 Å². The number of carbonyl (C=O) groups excluding carboxylic acids is 1. The van der Waals surface area contributed by atoms with Gasteiger partial charge in [0.25, 0.3) is 0 Å². The summed E-state index contributed by atoms with van der Waals surface area (Å²) in [6.07, 6.45) is 17.1. The molecule has 2 fully saturated rings. The van der Waals surface area contributed by atoms with Crippen LogP contribution in [0.1, 0.15) is 76.7 Å². The summed E-state index contributed by atoms with van der Waals surface area (Å²) >= 11 is 0. The lowest BCUT2D eigenvalue weighted by molar-refractivity contribution is -0.121. The highest BCUT2D eigenvalue weighted by Crippen LogP contribution is 2.32. The summed E-state index contributed by atoms with van der Waals surface area (Å²) in [4.78, 5) is 14.1. The van der Waals surface area contributed by atoms with E-state index in [0.717, 1.165) is 31.2 Å². The molecule has 0 amide bonds. The molecule has 1 saturated carbocycles. The van der Waals surface area contributed by atoms with E-state index in [0.29, 0.717) is 11.7 Å². The van der Waals surface area contributed by atoms with E-state index < -0.39 is 0 Å². The first-order chi connectivity index (χ1) is 13.1. The summed E-state index contributed by atoms with van der Waals surface area (Å²) in [6, 6.07) is 0. The first kappa shape index (κ1) is 20.6. The number of aromatic nitrogens is 2. The van der Waals surface area contributed by atoms with Gasteiger partial charge in [0.1, 0.15) is 5.78 Å². The molecule has 0 atom stereocenters. The smallest absolute Gasteiger partial charge is 0.132 e. The van der Waals surface area contributed by atoms with Crippen LogP contribution in [0.2, 0.25) is 0 Å². The van der Waals surface area contributed by atoms with E-state index in [1.165, 1.54) is 76.6 Å². The monoisotopic (exact) mass is 373 g/mol. The lowest BCUT2D eigenvalue weighted by Gasteiger charge is -2.32. The minimum absolute atomic E-state index is 0.376. The number of hydrogen-bond acceptors (Lipinski definition) is 3. The van der Waals surface area contributed by atoms with Crippen LogP contribution in [0.5, 0.6) is 0 Å². The Bertz CT molecular complexity index is 566. The van der Waals surface area contributed by atoms with Crippen LogP contribution >= 0.6 is 0 Å². The van der Waals surface area contributed by atoms with Gasteiger partial charge >= 0.3 is 0 Å². The summed E-state index contributed by atoms with van der Waals surface area (Å²) in [7, 11) is 0. The maximum Gasteiger partial charge on any atom is 0.132 e. The predicted molar refractivity (Wildman–Crippen MR) is 111 cm³/mol. The van der Waals surface area contributed by atoms with Gasteiger partial charge in [-0.15, -0.1) is 0 Å². The molecule has 4 heteroatoms. The Labute approximate surface area is 165 Å². The molecule has 2 aliphatic rings. The summed E-state index contributed by atoms with van der Waals surface area (Å²) in [5.74, 6) is 2.48. The molecule has 1 aromatic rings. The van der Waals surface area contributed by atoms with Crippen LogP contribution in [0.15, 0.2) is 12.4 Å². The second-order valence-electron chi connectivity index (χ2n) is 9.20. The van der Waals surface area contributed by atoms with Gasteiger partial charge in [0.05, 0.1) is 6.20 Å². The zero-order valence-electron chi connectivity index (χ0n) is 17.5. The number of carbonyl (C=O) groups is 1. The highest BCUT2D eigenvalue weighted by Gasteiger charge is 2.23. The first-order valence-corrected chi connectivity index (χ1v) is 11.3. The molecule has 1 aromatic heterocycles. The number of unbranched alkanes of at least 4 members (excludes halogenated alkanes) is 2. The Morgan fingerprint density at radius 2 is 1.78 bits per heavy atom. The molecule has 1 aliphatic heterocycles. The zero-order valence-corrected chi connectivity index (χ0v) is 17.5. The van der Waals surface area contributed by atoms with Gasteiger partial charge in [0.2, 0.25) is 0 Å². The van der Waals surface area contributed by atoms with E-state index in [2.05, 4.69) is 27.8 Å². The fraction of sp³-hybridized carbons (Fsp3) is 0.826. The SMILES string of the molecule is CC(=O)C1CCC(CCCCCN2CCC(Cn3cc(C)cn3)CC2)CC1. The Hall–Kier alpha value is -1.16. The van der Waals surface area contributed by atoms with Gasteiger partial charge in [-0.1, -0.05) is 19.3 Å². The van der Waals surface area contributed by atoms with Crippen molar-refractivity contribution in [3.63, 3.8) is 0 Å². The number of aryl methyl sites for hydroxylation is 1. The van der Waals surface area contributed by atoms with Crippen molar-refractivity contribution in [2.75, 3.05) is 19.6 Å². The normalized spacial score (nSPS) is 25.0. The van der Waals surface area contributed by atoms with Crippen molar-refractivity contribution < 1.29 is 4.79 Å². The van der Waals surface area contributed by atoms with E-state index in [1.807, 2.05) is 6.20 Å². The molecule has 0 unspecified atom stereocenters. The van der Waals surface area contributed by atoms with E-state index in [9.17, 15) is 4.79 Å². The van der Waals surface area contributed by atoms with Crippen LogP contribution in [0.25, 0.3) is 0 Å². The third-order valence-corrected chi connectivity index (χ3v) is 6.92. The molecule has 0 aromatic carbocycles. The van der Waals surface area contributed by atoms with Crippen molar-refractivity contribution in [3.8, 4) is 0 Å². The van der Waals surface area contributed by atoms with E-state index in [4.69, 9.17) is 0 Å². The van der Waals surface area contributed by atoms with Gasteiger partial charge in [-0.3, -0.25) is 9.48 Å². The Morgan fingerprint density at radius 3 is 2.41 bits per heavy atom. The zero-order chi connectivity index (χ0) is 19.1. The molecule has 0 radical (unpaired) electrons. The molecule has 0 N–H and O–H groups in total. The Morgan fingerprint density at radius 1 is 1.04 bits per heavy atom. The average molecular weight is 374 g/mol. The van der Waals surface area contributed by atoms with E-state index >= 15 is 0 Å². The van der Waals surface area contributed by atoms with Gasteiger partial charge in [0, 0.05) is 18.7 Å². The number of rotatable bonds is 9. The van der Waals surface area contributed by atoms with E-state index in [1.54, 1.807) is 6.92 Å². The van der Waals surface area contributed by atoms with Crippen LogP contribution in [0.4, 0.5) is 0 Å². The topological polar surface area (TPSA) is 38.1 Å². The second-order valence-corrected chi connectivity index (χ2v) is 9.20. The largest absolute Gasteiger partial charge is 0.303 e.